The molecule has 8 heteroatoms. The fraction of sp³-hybridized carbons (Fsp3) is 0.214. The first kappa shape index (κ1) is 23.8. The number of nitrogens with zero attached hydrogens (tertiary/aromatic N) is 5. The van der Waals surface area contributed by atoms with Gasteiger partial charge in [0.1, 0.15) is 18.0 Å². The van der Waals surface area contributed by atoms with E-state index in [1.54, 1.807) is 16.7 Å². The van der Waals surface area contributed by atoms with Crippen LogP contribution in [0, 0.1) is 6.92 Å². The van der Waals surface area contributed by atoms with Crippen LogP contribution in [0.4, 0.5) is 0 Å². The van der Waals surface area contributed by atoms with E-state index >= 15 is 0 Å². The van der Waals surface area contributed by atoms with E-state index in [1.165, 1.54) is 17.3 Å². The molecule has 0 aliphatic rings. The summed E-state index contributed by atoms with van der Waals surface area (Å²) in [6.07, 6.45) is 2.80. The number of thioether (sulfide) groups is 1. The topological polar surface area (TPSA) is 74.3 Å². The third-order valence-corrected chi connectivity index (χ3v) is 6.89. The van der Waals surface area contributed by atoms with Crippen molar-refractivity contribution in [2.75, 3.05) is 0 Å². The van der Waals surface area contributed by atoms with Crippen LogP contribution in [-0.4, -0.2) is 24.1 Å². The molecule has 3 aromatic heterocycles. The monoisotopic (exact) mass is 497 g/mol. The van der Waals surface area contributed by atoms with Crippen molar-refractivity contribution in [2.45, 2.75) is 44.3 Å². The van der Waals surface area contributed by atoms with Crippen molar-refractivity contribution in [1.29, 1.82) is 0 Å². The van der Waals surface area contributed by atoms with E-state index in [4.69, 9.17) is 4.74 Å². The number of fused-ring (bicyclic) bond motifs is 1. The van der Waals surface area contributed by atoms with Crippen molar-refractivity contribution in [3.05, 3.63) is 118 Å². The highest BCUT2D eigenvalue weighted by Gasteiger charge is 2.15. The number of ether oxygens (including phenoxy) is 1. The first-order valence-corrected chi connectivity index (χ1v) is 12.9. The number of pyridine rings is 1. The Kier molecular flexibility index (Phi) is 7.13. The molecule has 5 aromatic rings. The van der Waals surface area contributed by atoms with E-state index in [2.05, 4.69) is 50.9 Å². The lowest BCUT2D eigenvalue weighted by Crippen LogP contribution is -2.15. The summed E-state index contributed by atoms with van der Waals surface area (Å²) in [5, 5.41) is 9.63. The molecule has 2 aromatic carbocycles. The van der Waals surface area contributed by atoms with Gasteiger partial charge < -0.3 is 4.74 Å². The number of aryl methyl sites for hydroxylation is 2. The number of hydrogen-bond acceptors (Lipinski definition) is 6. The lowest BCUT2D eigenvalue weighted by molar-refractivity contribution is 0.289. The highest BCUT2D eigenvalue weighted by molar-refractivity contribution is 7.98. The molecule has 0 N–H and O–H groups in total. The average molecular weight is 498 g/mol. The molecular formula is C28H27N5O2S. The van der Waals surface area contributed by atoms with E-state index in [-0.39, 0.29) is 5.56 Å². The van der Waals surface area contributed by atoms with Crippen molar-refractivity contribution in [2.24, 2.45) is 0 Å². The van der Waals surface area contributed by atoms with Gasteiger partial charge in [0.15, 0.2) is 11.0 Å². The third kappa shape index (κ3) is 5.49. The minimum absolute atomic E-state index is 0.0896. The van der Waals surface area contributed by atoms with Crippen LogP contribution in [-0.2, 0) is 25.3 Å². The van der Waals surface area contributed by atoms with Crippen LogP contribution in [0.25, 0.3) is 5.65 Å². The van der Waals surface area contributed by atoms with Crippen molar-refractivity contribution < 1.29 is 4.74 Å². The molecule has 0 atom stereocenters. The zero-order valence-corrected chi connectivity index (χ0v) is 21.1. The van der Waals surface area contributed by atoms with Crippen molar-refractivity contribution in [3.63, 3.8) is 0 Å². The highest BCUT2D eigenvalue weighted by atomic mass is 32.2. The second-order valence-corrected chi connectivity index (χ2v) is 9.51. The van der Waals surface area contributed by atoms with Gasteiger partial charge in [-0.25, -0.2) is 4.98 Å². The summed E-state index contributed by atoms with van der Waals surface area (Å²) in [5.41, 5.74) is 4.68. The van der Waals surface area contributed by atoms with Gasteiger partial charge in [-0.15, -0.1) is 10.2 Å². The maximum atomic E-state index is 12.6. The summed E-state index contributed by atoms with van der Waals surface area (Å²) < 4.78 is 9.67. The fourth-order valence-electron chi connectivity index (χ4n) is 3.90. The van der Waals surface area contributed by atoms with Crippen molar-refractivity contribution in [3.8, 4) is 5.75 Å². The normalized spacial score (nSPS) is 11.2. The summed E-state index contributed by atoms with van der Waals surface area (Å²) in [6.45, 7) is 5.01. The Morgan fingerprint density at radius 1 is 0.944 bits per heavy atom. The molecule has 0 saturated carbocycles. The number of benzene rings is 2. The second-order valence-electron chi connectivity index (χ2n) is 8.57. The van der Waals surface area contributed by atoms with Gasteiger partial charge in [-0.2, -0.15) is 0 Å². The van der Waals surface area contributed by atoms with E-state index < -0.39 is 0 Å². The quantitative estimate of drug-likeness (QED) is 0.265. The standard InChI is InChI=1S/C28H27N5O2S/c1-3-21-10-12-24(13-11-21)35-18-26-30-31-28(33(26)17-22-7-5-4-6-8-22)36-19-23-15-27(34)32-16-20(2)9-14-25(32)29-23/h4-16H,3,17-19H2,1-2H3. The molecule has 0 amide bonds. The van der Waals surface area contributed by atoms with Gasteiger partial charge in [0.05, 0.1) is 12.2 Å². The Hall–Kier alpha value is -3.91. The second kappa shape index (κ2) is 10.8. The van der Waals surface area contributed by atoms with Crippen LogP contribution in [0.15, 0.2) is 88.9 Å². The van der Waals surface area contributed by atoms with E-state index in [9.17, 15) is 4.79 Å². The van der Waals surface area contributed by atoms with Crippen molar-refractivity contribution >= 4 is 17.4 Å². The molecule has 0 saturated heterocycles. The van der Waals surface area contributed by atoms with Gasteiger partial charge in [-0.05, 0) is 48.2 Å². The smallest absolute Gasteiger partial charge is 0.258 e. The van der Waals surface area contributed by atoms with Crippen LogP contribution in [0.3, 0.4) is 0 Å². The predicted molar refractivity (Wildman–Crippen MR) is 141 cm³/mol. The maximum absolute atomic E-state index is 12.6. The summed E-state index contributed by atoms with van der Waals surface area (Å²) in [4.78, 5) is 17.3. The van der Waals surface area contributed by atoms with Crippen molar-refractivity contribution in [1.82, 2.24) is 24.1 Å². The fourth-order valence-corrected chi connectivity index (χ4v) is 4.75. The molecule has 0 aliphatic heterocycles. The molecule has 0 unspecified atom stereocenters. The zero-order valence-electron chi connectivity index (χ0n) is 20.3. The molecule has 36 heavy (non-hydrogen) atoms. The van der Waals surface area contributed by atoms with Crippen LogP contribution in [0.1, 0.15) is 35.1 Å². The summed E-state index contributed by atoms with van der Waals surface area (Å²) in [6, 6.07) is 23.7. The summed E-state index contributed by atoms with van der Waals surface area (Å²) in [7, 11) is 0. The van der Waals surface area contributed by atoms with Gasteiger partial charge >= 0.3 is 0 Å². The van der Waals surface area contributed by atoms with Crippen LogP contribution < -0.4 is 10.3 Å². The number of hydrogen-bond donors (Lipinski definition) is 0. The summed E-state index contributed by atoms with van der Waals surface area (Å²) in [5.74, 6) is 2.04. The van der Waals surface area contributed by atoms with Gasteiger partial charge in [-0.1, -0.05) is 67.2 Å². The molecule has 0 fully saturated rings. The van der Waals surface area contributed by atoms with Crippen LogP contribution >= 0.6 is 11.8 Å². The lowest BCUT2D eigenvalue weighted by atomic mass is 10.2. The Morgan fingerprint density at radius 2 is 1.75 bits per heavy atom. The number of aromatic nitrogens is 5. The van der Waals surface area contributed by atoms with Crippen LogP contribution in [0.5, 0.6) is 5.75 Å². The SMILES string of the molecule is CCc1ccc(OCc2nnc(SCc3cc(=O)n4cc(C)ccc4n3)n2Cc2ccccc2)cc1. The third-order valence-electron chi connectivity index (χ3n) is 5.89. The molecule has 0 aliphatic carbocycles. The molecule has 5 rings (SSSR count). The van der Waals surface area contributed by atoms with Gasteiger partial charge in [0.2, 0.25) is 0 Å². The molecule has 182 valence electrons. The Labute approximate surface area is 213 Å². The molecule has 7 nitrogen and oxygen atoms in total. The van der Waals surface area contributed by atoms with Gasteiger partial charge in [0, 0.05) is 18.0 Å². The van der Waals surface area contributed by atoms with E-state index in [0.29, 0.717) is 30.2 Å². The highest BCUT2D eigenvalue weighted by Crippen LogP contribution is 2.23. The largest absolute Gasteiger partial charge is 0.486 e. The molecular weight excluding hydrogens is 470 g/mol. The average Bonchev–Trinajstić information content (AvgIpc) is 3.28. The molecule has 0 bridgehead atoms. The Morgan fingerprint density at radius 3 is 2.53 bits per heavy atom. The minimum Gasteiger partial charge on any atom is -0.486 e. The Bertz CT molecular complexity index is 1530. The zero-order chi connectivity index (χ0) is 24.9. The molecule has 0 radical (unpaired) electrons. The maximum Gasteiger partial charge on any atom is 0.258 e. The number of rotatable bonds is 9. The minimum atomic E-state index is -0.0896. The first-order chi connectivity index (χ1) is 17.6. The van der Waals surface area contributed by atoms with E-state index in [1.807, 2.05) is 49.4 Å². The first-order valence-electron chi connectivity index (χ1n) is 11.9. The predicted octanol–water partition coefficient (Wildman–Crippen LogP) is 5.08. The van der Waals surface area contributed by atoms with Crippen LogP contribution in [0.2, 0.25) is 0 Å². The molecule has 0 spiro atoms. The molecule has 3 heterocycles. The summed E-state index contributed by atoms with van der Waals surface area (Å²) >= 11 is 1.51. The van der Waals surface area contributed by atoms with Gasteiger partial charge in [-0.3, -0.25) is 13.8 Å². The Balaban J connectivity index is 1.37. The van der Waals surface area contributed by atoms with E-state index in [0.717, 1.165) is 34.3 Å². The van der Waals surface area contributed by atoms with Gasteiger partial charge in [0.25, 0.3) is 5.56 Å². The lowest BCUT2D eigenvalue weighted by Gasteiger charge is -2.12.